The highest BCUT2D eigenvalue weighted by atomic mass is 16.5. The number of carbonyl (C=O) groups excluding carboxylic acids is 1. The van der Waals surface area contributed by atoms with Crippen LogP contribution in [0.4, 0.5) is 11.4 Å². The van der Waals surface area contributed by atoms with Crippen LogP contribution in [0.5, 0.6) is 5.75 Å². The zero-order valence-electron chi connectivity index (χ0n) is 11.0. The first kappa shape index (κ1) is 12.7. The molecule has 0 heterocycles. The third-order valence-electron chi connectivity index (χ3n) is 3.33. The summed E-state index contributed by atoms with van der Waals surface area (Å²) in [5.41, 5.74) is 1.74. The summed E-state index contributed by atoms with van der Waals surface area (Å²) < 4.78 is 5.28. The number of hydrogen-bond donors (Lipinski definition) is 2. The SMILES string of the molecule is COc1cc(NCC2CCC2)ccc1NC(C)=O. The summed E-state index contributed by atoms with van der Waals surface area (Å²) in [5, 5.41) is 6.16. The minimum atomic E-state index is -0.0940. The molecule has 0 spiro atoms. The van der Waals surface area contributed by atoms with E-state index in [0.717, 1.165) is 18.2 Å². The van der Waals surface area contributed by atoms with Crippen molar-refractivity contribution in [3.8, 4) is 5.75 Å². The molecule has 0 radical (unpaired) electrons. The first-order chi connectivity index (χ1) is 8.69. The summed E-state index contributed by atoms with van der Waals surface area (Å²) in [4.78, 5) is 11.0. The van der Waals surface area contributed by atoms with Gasteiger partial charge in [0, 0.05) is 25.2 Å². The fourth-order valence-electron chi connectivity index (χ4n) is 2.05. The molecule has 0 atom stereocenters. The Morgan fingerprint density at radius 1 is 1.44 bits per heavy atom. The van der Waals surface area contributed by atoms with E-state index in [2.05, 4.69) is 10.6 Å². The second-order valence-corrected chi connectivity index (χ2v) is 4.77. The van der Waals surface area contributed by atoms with Crippen LogP contribution < -0.4 is 15.4 Å². The molecule has 0 aromatic heterocycles. The van der Waals surface area contributed by atoms with Gasteiger partial charge in [-0.25, -0.2) is 0 Å². The molecule has 0 unspecified atom stereocenters. The molecule has 1 saturated carbocycles. The normalized spacial score (nSPS) is 14.8. The third kappa shape index (κ3) is 3.15. The van der Waals surface area contributed by atoms with Crippen LogP contribution in [0.2, 0.25) is 0 Å². The van der Waals surface area contributed by atoms with Gasteiger partial charge in [0.2, 0.25) is 5.91 Å². The van der Waals surface area contributed by atoms with Crippen LogP contribution in [-0.4, -0.2) is 19.6 Å². The maximum atomic E-state index is 11.0. The molecule has 4 nitrogen and oxygen atoms in total. The van der Waals surface area contributed by atoms with E-state index < -0.39 is 0 Å². The monoisotopic (exact) mass is 248 g/mol. The van der Waals surface area contributed by atoms with Crippen molar-refractivity contribution in [2.75, 3.05) is 24.3 Å². The van der Waals surface area contributed by atoms with Crippen molar-refractivity contribution in [2.45, 2.75) is 26.2 Å². The van der Waals surface area contributed by atoms with Gasteiger partial charge < -0.3 is 15.4 Å². The van der Waals surface area contributed by atoms with E-state index in [9.17, 15) is 4.79 Å². The van der Waals surface area contributed by atoms with Gasteiger partial charge in [-0.2, -0.15) is 0 Å². The first-order valence-corrected chi connectivity index (χ1v) is 6.38. The van der Waals surface area contributed by atoms with Crippen molar-refractivity contribution < 1.29 is 9.53 Å². The summed E-state index contributed by atoms with van der Waals surface area (Å²) in [6, 6.07) is 5.75. The second-order valence-electron chi connectivity index (χ2n) is 4.77. The van der Waals surface area contributed by atoms with Gasteiger partial charge in [0.05, 0.1) is 12.8 Å². The number of benzene rings is 1. The Hall–Kier alpha value is -1.71. The van der Waals surface area contributed by atoms with E-state index >= 15 is 0 Å². The molecule has 0 bridgehead atoms. The van der Waals surface area contributed by atoms with Crippen LogP contribution in [0.25, 0.3) is 0 Å². The molecule has 2 rings (SSSR count). The number of nitrogens with one attached hydrogen (secondary N) is 2. The fourth-order valence-corrected chi connectivity index (χ4v) is 2.05. The smallest absolute Gasteiger partial charge is 0.221 e. The number of anilines is 2. The average Bonchev–Trinajstić information content (AvgIpc) is 2.28. The van der Waals surface area contributed by atoms with Gasteiger partial charge in [0.1, 0.15) is 5.75 Å². The highest BCUT2D eigenvalue weighted by Crippen LogP contribution is 2.30. The Kier molecular flexibility index (Phi) is 4.07. The van der Waals surface area contributed by atoms with Crippen LogP contribution in [0, 0.1) is 5.92 Å². The summed E-state index contributed by atoms with van der Waals surface area (Å²) in [5.74, 6) is 1.40. The molecule has 0 saturated heterocycles. The molecule has 0 aliphatic heterocycles. The zero-order valence-corrected chi connectivity index (χ0v) is 11.0. The van der Waals surface area contributed by atoms with Gasteiger partial charge in [-0.3, -0.25) is 4.79 Å². The molecule has 1 aromatic carbocycles. The maximum Gasteiger partial charge on any atom is 0.221 e. The molecule has 1 aliphatic carbocycles. The average molecular weight is 248 g/mol. The largest absolute Gasteiger partial charge is 0.494 e. The number of carbonyl (C=O) groups is 1. The van der Waals surface area contributed by atoms with Gasteiger partial charge in [-0.15, -0.1) is 0 Å². The predicted octanol–water partition coefficient (Wildman–Crippen LogP) is 2.87. The third-order valence-corrected chi connectivity index (χ3v) is 3.33. The van der Waals surface area contributed by atoms with Crippen molar-refractivity contribution in [3.05, 3.63) is 18.2 Å². The Morgan fingerprint density at radius 2 is 2.22 bits per heavy atom. The standard InChI is InChI=1S/C14H20N2O2/c1-10(17)16-13-7-6-12(8-14(13)18-2)15-9-11-4-3-5-11/h6-8,11,15H,3-5,9H2,1-2H3,(H,16,17). The lowest BCUT2D eigenvalue weighted by molar-refractivity contribution is -0.114. The summed E-state index contributed by atoms with van der Waals surface area (Å²) >= 11 is 0. The van der Waals surface area contributed by atoms with Crippen molar-refractivity contribution in [2.24, 2.45) is 5.92 Å². The first-order valence-electron chi connectivity index (χ1n) is 6.38. The molecule has 4 heteroatoms. The Bertz CT molecular complexity index is 428. The van der Waals surface area contributed by atoms with Crippen molar-refractivity contribution in [1.82, 2.24) is 0 Å². The highest BCUT2D eigenvalue weighted by molar-refractivity contribution is 5.90. The van der Waals surface area contributed by atoms with E-state index in [1.165, 1.54) is 26.2 Å². The zero-order chi connectivity index (χ0) is 13.0. The lowest BCUT2D eigenvalue weighted by atomic mass is 9.85. The number of rotatable bonds is 5. The predicted molar refractivity (Wildman–Crippen MR) is 73.1 cm³/mol. The molecule has 18 heavy (non-hydrogen) atoms. The Balaban J connectivity index is 2.00. The number of methoxy groups -OCH3 is 1. The van der Waals surface area contributed by atoms with Gasteiger partial charge in [0.25, 0.3) is 0 Å². The number of hydrogen-bond acceptors (Lipinski definition) is 3. The highest BCUT2D eigenvalue weighted by Gasteiger charge is 2.16. The van der Waals surface area contributed by atoms with Gasteiger partial charge >= 0.3 is 0 Å². The van der Waals surface area contributed by atoms with Crippen molar-refractivity contribution in [1.29, 1.82) is 0 Å². The van der Waals surface area contributed by atoms with Crippen molar-refractivity contribution in [3.63, 3.8) is 0 Å². The van der Waals surface area contributed by atoms with Crippen LogP contribution in [0.15, 0.2) is 18.2 Å². The van der Waals surface area contributed by atoms with Crippen LogP contribution >= 0.6 is 0 Å². The van der Waals surface area contributed by atoms with Crippen LogP contribution in [0.1, 0.15) is 26.2 Å². The molecular weight excluding hydrogens is 228 g/mol. The van der Waals surface area contributed by atoms with Crippen LogP contribution in [0.3, 0.4) is 0 Å². The van der Waals surface area contributed by atoms with E-state index in [1.54, 1.807) is 7.11 Å². The quantitative estimate of drug-likeness (QED) is 0.842. The van der Waals surface area contributed by atoms with Crippen molar-refractivity contribution >= 4 is 17.3 Å². The lowest BCUT2D eigenvalue weighted by Crippen LogP contribution is -2.20. The molecule has 1 aliphatic rings. The van der Waals surface area contributed by atoms with E-state index in [0.29, 0.717) is 11.4 Å². The summed E-state index contributed by atoms with van der Waals surface area (Å²) in [7, 11) is 1.61. The topological polar surface area (TPSA) is 50.4 Å². The van der Waals surface area contributed by atoms with Gasteiger partial charge in [0.15, 0.2) is 0 Å². The number of amides is 1. The lowest BCUT2D eigenvalue weighted by Gasteiger charge is -2.26. The minimum Gasteiger partial charge on any atom is -0.494 e. The minimum absolute atomic E-state index is 0.0940. The fraction of sp³-hybridized carbons (Fsp3) is 0.500. The molecule has 1 amide bonds. The molecule has 1 fully saturated rings. The molecule has 2 N–H and O–H groups in total. The van der Waals surface area contributed by atoms with Gasteiger partial charge in [-0.1, -0.05) is 6.42 Å². The van der Waals surface area contributed by atoms with E-state index in [4.69, 9.17) is 4.74 Å². The molecular formula is C14H20N2O2. The van der Waals surface area contributed by atoms with Gasteiger partial charge in [-0.05, 0) is 30.9 Å². The second kappa shape index (κ2) is 5.76. The Labute approximate surface area is 108 Å². The molecule has 98 valence electrons. The summed E-state index contributed by atoms with van der Waals surface area (Å²) in [6.45, 7) is 2.50. The molecule has 1 aromatic rings. The Morgan fingerprint density at radius 3 is 2.78 bits per heavy atom. The summed E-state index contributed by atoms with van der Waals surface area (Å²) in [6.07, 6.45) is 4.01. The number of ether oxygens (including phenoxy) is 1. The van der Waals surface area contributed by atoms with Crippen LogP contribution in [-0.2, 0) is 4.79 Å². The van der Waals surface area contributed by atoms with E-state index in [-0.39, 0.29) is 5.91 Å². The maximum absolute atomic E-state index is 11.0. The van der Waals surface area contributed by atoms with E-state index in [1.807, 2.05) is 18.2 Å².